The van der Waals surface area contributed by atoms with E-state index in [1.54, 1.807) is 25.0 Å². The second kappa shape index (κ2) is 8.68. The van der Waals surface area contributed by atoms with E-state index >= 15 is 0 Å². The van der Waals surface area contributed by atoms with Crippen molar-refractivity contribution >= 4 is 5.91 Å². The number of carbonyl (C=O) groups excluding carboxylic acids is 1. The molecule has 0 aromatic carbocycles. The molecule has 0 spiro atoms. The predicted octanol–water partition coefficient (Wildman–Crippen LogP) is -0.625. The van der Waals surface area contributed by atoms with Crippen LogP contribution in [0.4, 0.5) is 0 Å². The Morgan fingerprint density at radius 2 is 2.30 bits per heavy atom. The van der Waals surface area contributed by atoms with E-state index in [2.05, 4.69) is 20.6 Å². The first-order valence-electron chi connectivity index (χ1n) is 6.69. The maximum absolute atomic E-state index is 12.1. The summed E-state index contributed by atoms with van der Waals surface area (Å²) in [6.07, 6.45) is 3.54. The van der Waals surface area contributed by atoms with Crippen LogP contribution in [0.2, 0.25) is 0 Å². The Labute approximate surface area is 120 Å². The number of nitrogens with zero attached hydrogens (tertiary/aromatic N) is 3. The van der Waals surface area contributed by atoms with Gasteiger partial charge in [0.15, 0.2) is 0 Å². The molecule has 0 bridgehead atoms. The molecule has 0 aliphatic heterocycles. The first-order valence-corrected chi connectivity index (χ1v) is 6.69. The second-order valence-corrected chi connectivity index (χ2v) is 4.76. The van der Waals surface area contributed by atoms with Crippen LogP contribution in [-0.2, 0) is 16.6 Å². The lowest BCUT2D eigenvalue weighted by Crippen LogP contribution is -2.40. The Bertz CT molecular complexity index is 407. The number of methoxy groups -OCH3 is 1. The average molecular weight is 283 g/mol. The van der Waals surface area contributed by atoms with Crippen LogP contribution in [0.5, 0.6) is 0 Å². The number of amides is 1. The van der Waals surface area contributed by atoms with Crippen molar-refractivity contribution in [1.29, 1.82) is 0 Å². The van der Waals surface area contributed by atoms with E-state index in [1.807, 2.05) is 20.3 Å². The van der Waals surface area contributed by atoms with Crippen LogP contribution < -0.4 is 10.6 Å². The molecule has 7 heteroatoms. The van der Waals surface area contributed by atoms with Gasteiger partial charge >= 0.3 is 0 Å². The van der Waals surface area contributed by atoms with E-state index in [4.69, 9.17) is 4.74 Å². The van der Waals surface area contributed by atoms with Gasteiger partial charge in [-0.3, -0.25) is 9.48 Å². The summed E-state index contributed by atoms with van der Waals surface area (Å²) in [6, 6.07) is -0.368. The standard InChI is InChI=1S/C13H25N5O2/c1-14-12(11-9-16-18(3)10-11)13(19)15-5-6-17(2)7-8-20-4/h9-10,12,14H,5-8H2,1-4H3,(H,15,19). The largest absolute Gasteiger partial charge is 0.383 e. The lowest BCUT2D eigenvalue weighted by atomic mass is 10.1. The van der Waals surface area contributed by atoms with Gasteiger partial charge in [-0.05, 0) is 14.1 Å². The highest BCUT2D eigenvalue weighted by atomic mass is 16.5. The zero-order valence-corrected chi connectivity index (χ0v) is 12.7. The van der Waals surface area contributed by atoms with Crippen molar-refractivity contribution < 1.29 is 9.53 Å². The van der Waals surface area contributed by atoms with E-state index in [9.17, 15) is 4.79 Å². The van der Waals surface area contributed by atoms with Crippen molar-refractivity contribution in [3.63, 3.8) is 0 Å². The molecule has 1 aromatic heterocycles. The van der Waals surface area contributed by atoms with E-state index in [0.29, 0.717) is 13.2 Å². The van der Waals surface area contributed by atoms with Gasteiger partial charge < -0.3 is 20.3 Å². The molecule has 0 aliphatic rings. The molecular formula is C13H25N5O2. The summed E-state index contributed by atoms with van der Waals surface area (Å²) < 4.78 is 6.69. The van der Waals surface area contributed by atoms with Crippen LogP contribution in [0.1, 0.15) is 11.6 Å². The topological polar surface area (TPSA) is 71.4 Å². The molecule has 1 aromatic rings. The number of nitrogens with one attached hydrogen (secondary N) is 2. The van der Waals surface area contributed by atoms with Gasteiger partial charge in [0.25, 0.3) is 0 Å². The first kappa shape index (κ1) is 16.6. The van der Waals surface area contributed by atoms with Crippen molar-refractivity contribution in [1.82, 2.24) is 25.3 Å². The van der Waals surface area contributed by atoms with Gasteiger partial charge in [-0.25, -0.2) is 0 Å². The summed E-state index contributed by atoms with van der Waals surface area (Å²) in [6.45, 7) is 2.94. The number of rotatable bonds is 9. The van der Waals surface area contributed by atoms with Crippen molar-refractivity contribution in [3.05, 3.63) is 18.0 Å². The van der Waals surface area contributed by atoms with Gasteiger partial charge in [0.05, 0.1) is 12.8 Å². The molecular weight excluding hydrogens is 258 g/mol. The Kier molecular flexibility index (Phi) is 7.21. The van der Waals surface area contributed by atoms with Crippen LogP contribution in [-0.4, -0.2) is 68.0 Å². The minimum atomic E-state index is -0.368. The van der Waals surface area contributed by atoms with E-state index in [1.165, 1.54) is 0 Å². The molecule has 1 rings (SSSR count). The third kappa shape index (κ3) is 5.28. The molecule has 2 N–H and O–H groups in total. The van der Waals surface area contributed by atoms with E-state index in [0.717, 1.165) is 18.7 Å². The highest BCUT2D eigenvalue weighted by Gasteiger charge is 2.19. The Balaban J connectivity index is 2.37. The lowest BCUT2D eigenvalue weighted by Gasteiger charge is -2.18. The van der Waals surface area contributed by atoms with Gasteiger partial charge in [0.2, 0.25) is 5.91 Å². The molecule has 7 nitrogen and oxygen atoms in total. The summed E-state index contributed by atoms with van der Waals surface area (Å²) in [5.74, 6) is -0.0411. The SMILES string of the molecule is CNC(C(=O)NCCN(C)CCOC)c1cnn(C)c1. The molecule has 1 unspecified atom stereocenters. The van der Waals surface area contributed by atoms with E-state index in [-0.39, 0.29) is 11.9 Å². The minimum absolute atomic E-state index is 0.0411. The van der Waals surface area contributed by atoms with Crippen molar-refractivity contribution in [3.8, 4) is 0 Å². The molecule has 1 amide bonds. The maximum atomic E-state index is 12.1. The Morgan fingerprint density at radius 1 is 1.55 bits per heavy atom. The number of carbonyl (C=O) groups is 1. The molecule has 1 heterocycles. The molecule has 0 saturated heterocycles. The summed E-state index contributed by atoms with van der Waals surface area (Å²) in [7, 11) is 7.28. The lowest BCUT2D eigenvalue weighted by molar-refractivity contribution is -0.123. The summed E-state index contributed by atoms with van der Waals surface area (Å²) in [5.41, 5.74) is 0.861. The summed E-state index contributed by atoms with van der Waals surface area (Å²) >= 11 is 0. The Morgan fingerprint density at radius 3 is 2.85 bits per heavy atom. The number of aromatic nitrogens is 2. The van der Waals surface area contributed by atoms with Crippen molar-refractivity contribution in [2.24, 2.45) is 7.05 Å². The van der Waals surface area contributed by atoms with Crippen LogP contribution in [0, 0.1) is 0 Å². The normalized spacial score (nSPS) is 12.7. The number of aryl methyl sites for hydroxylation is 1. The zero-order valence-electron chi connectivity index (χ0n) is 12.7. The zero-order chi connectivity index (χ0) is 15.0. The van der Waals surface area contributed by atoms with Gasteiger partial charge in [-0.2, -0.15) is 5.10 Å². The predicted molar refractivity (Wildman–Crippen MR) is 77.4 cm³/mol. The van der Waals surface area contributed by atoms with Gasteiger partial charge in [-0.1, -0.05) is 0 Å². The van der Waals surface area contributed by atoms with Crippen molar-refractivity contribution in [2.45, 2.75) is 6.04 Å². The third-order valence-corrected chi connectivity index (χ3v) is 3.08. The fourth-order valence-electron chi connectivity index (χ4n) is 1.87. The van der Waals surface area contributed by atoms with Crippen LogP contribution in [0.25, 0.3) is 0 Å². The van der Waals surface area contributed by atoms with Crippen molar-refractivity contribution in [2.75, 3.05) is 47.4 Å². The molecule has 1 atom stereocenters. The fourth-order valence-corrected chi connectivity index (χ4v) is 1.87. The van der Waals surface area contributed by atoms with Gasteiger partial charge in [0.1, 0.15) is 6.04 Å². The third-order valence-electron chi connectivity index (χ3n) is 3.08. The summed E-state index contributed by atoms with van der Waals surface area (Å²) in [4.78, 5) is 14.2. The van der Waals surface area contributed by atoms with Gasteiger partial charge in [-0.15, -0.1) is 0 Å². The quantitative estimate of drug-likeness (QED) is 0.632. The van der Waals surface area contributed by atoms with Crippen LogP contribution in [0.15, 0.2) is 12.4 Å². The minimum Gasteiger partial charge on any atom is -0.383 e. The van der Waals surface area contributed by atoms with Gasteiger partial charge in [0, 0.05) is 45.6 Å². The summed E-state index contributed by atoms with van der Waals surface area (Å²) in [5, 5.41) is 10.0. The molecule has 0 aliphatic carbocycles. The smallest absolute Gasteiger partial charge is 0.241 e. The Hall–Kier alpha value is -1.44. The fraction of sp³-hybridized carbons (Fsp3) is 0.692. The maximum Gasteiger partial charge on any atom is 0.241 e. The molecule has 0 fully saturated rings. The second-order valence-electron chi connectivity index (χ2n) is 4.76. The number of hydrogen-bond acceptors (Lipinski definition) is 5. The number of ether oxygens (including phenoxy) is 1. The molecule has 0 radical (unpaired) electrons. The number of hydrogen-bond donors (Lipinski definition) is 2. The highest BCUT2D eigenvalue weighted by molar-refractivity contribution is 5.82. The molecule has 114 valence electrons. The number of likely N-dealkylation sites (N-methyl/N-ethyl adjacent to an activating group) is 2. The first-order chi connectivity index (χ1) is 9.58. The molecule has 20 heavy (non-hydrogen) atoms. The van der Waals surface area contributed by atoms with E-state index < -0.39 is 0 Å². The van der Waals surface area contributed by atoms with Crippen LogP contribution in [0.3, 0.4) is 0 Å². The monoisotopic (exact) mass is 283 g/mol. The highest BCUT2D eigenvalue weighted by Crippen LogP contribution is 2.10. The average Bonchev–Trinajstić information content (AvgIpc) is 2.83. The van der Waals surface area contributed by atoms with Crippen LogP contribution >= 0.6 is 0 Å². The molecule has 0 saturated carbocycles.